The van der Waals surface area contributed by atoms with Crippen LogP contribution in [0.15, 0.2) is 15.4 Å². The van der Waals surface area contributed by atoms with E-state index in [1.54, 1.807) is 0 Å². The molecule has 0 radical (unpaired) electrons. The second-order valence-corrected chi connectivity index (χ2v) is 6.01. The lowest BCUT2D eigenvalue weighted by atomic mass is 10.4. The number of nitrogens with zero attached hydrogens (tertiary/aromatic N) is 4. The van der Waals surface area contributed by atoms with Crippen LogP contribution in [0.5, 0.6) is 0 Å². The number of rotatable bonds is 5. The zero-order valence-corrected chi connectivity index (χ0v) is 11.8. The molecule has 2 aromatic heterocycles. The molecule has 0 unspecified atom stereocenters. The van der Waals surface area contributed by atoms with E-state index in [2.05, 4.69) is 32.4 Å². The van der Waals surface area contributed by atoms with Gasteiger partial charge in [0, 0.05) is 12.6 Å². The number of hydrogen-bond acceptors (Lipinski definition) is 8. The van der Waals surface area contributed by atoms with Gasteiger partial charge in [-0.3, -0.25) is 0 Å². The molecule has 0 saturated heterocycles. The molecule has 18 heavy (non-hydrogen) atoms. The summed E-state index contributed by atoms with van der Waals surface area (Å²) in [5, 5.41) is 12.9. The Balaban J connectivity index is 2.14. The summed E-state index contributed by atoms with van der Waals surface area (Å²) in [7, 11) is 0. The van der Waals surface area contributed by atoms with Crippen molar-refractivity contribution in [2.24, 2.45) is 0 Å². The molecule has 0 fully saturated rings. The summed E-state index contributed by atoms with van der Waals surface area (Å²) in [5.41, 5.74) is 5.68. The van der Waals surface area contributed by atoms with Crippen LogP contribution in [0.4, 0.5) is 11.8 Å². The third-order valence-electron chi connectivity index (χ3n) is 1.98. The van der Waals surface area contributed by atoms with E-state index in [9.17, 15) is 0 Å². The third kappa shape index (κ3) is 3.54. The molecule has 3 N–H and O–H groups in total. The molecule has 96 valence electrons. The number of nitrogens with one attached hydrogen (secondary N) is 1. The van der Waals surface area contributed by atoms with Crippen LogP contribution >= 0.6 is 23.1 Å². The molecule has 2 aromatic rings. The van der Waals surface area contributed by atoms with Crippen molar-refractivity contribution in [2.75, 3.05) is 17.6 Å². The molecule has 0 bridgehead atoms. The van der Waals surface area contributed by atoms with Crippen molar-refractivity contribution in [1.29, 1.82) is 0 Å². The Morgan fingerprint density at radius 3 is 2.89 bits per heavy atom. The van der Waals surface area contributed by atoms with Gasteiger partial charge in [0.25, 0.3) is 0 Å². The largest absolute Gasteiger partial charge is 0.370 e. The van der Waals surface area contributed by atoms with Crippen molar-refractivity contribution in [3.05, 3.63) is 11.1 Å². The quantitative estimate of drug-likeness (QED) is 0.812. The summed E-state index contributed by atoms with van der Waals surface area (Å²) in [6, 6.07) is 1.87. The van der Waals surface area contributed by atoms with Crippen molar-refractivity contribution >= 4 is 34.9 Å². The average Bonchev–Trinajstić information content (AvgIpc) is 2.71. The molecule has 6 nitrogen and oxygen atoms in total. The fraction of sp³-hybridized carbons (Fsp3) is 0.400. The fourth-order valence-electron chi connectivity index (χ4n) is 1.25. The van der Waals surface area contributed by atoms with Crippen LogP contribution in [0.25, 0.3) is 0 Å². The van der Waals surface area contributed by atoms with Gasteiger partial charge < -0.3 is 11.1 Å². The lowest BCUT2D eigenvalue weighted by molar-refractivity contribution is 0.954. The third-order valence-corrected chi connectivity index (χ3v) is 3.78. The average molecular weight is 282 g/mol. The van der Waals surface area contributed by atoms with Crippen molar-refractivity contribution in [3.8, 4) is 0 Å². The van der Waals surface area contributed by atoms with Gasteiger partial charge in [-0.2, -0.15) is 4.98 Å². The maximum atomic E-state index is 5.68. The van der Waals surface area contributed by atoms with Crippen LogP contribution < -0.4 is 11.1 Å². The highest BCUT2D eigenvalue weighted by atomic mass is 32.2. The van der Waals surface area contributed by atoms with Crippen LogP contribution in [-0.2, 0) is 0 Å². The van der Waals surface area contributed by atoms with E-state index >= 15 is 0 Å². The molecule has 0 atom stereocenters. The molecule has 0 aliphatic rings. The van der Waals surface area contributed by atoms with Crippen LogP contribution in [0.3, 0.4) is 0 Å². The van der Waals surface area contributed by atoms with Crippen LogP contribution in [0.2, 0.25) is 0 Å². The second-order valence-electron chi connectivity index (χ2n) is 3.57. The Hall–Kier alpha value is -1.41. The highest BCUT2D eigenvalue weighted by molar-refractivity contribution is 8.01. The summed E-state index contributed by atoms with van der Waals surface area (Å²) in [5.74, 6) is 1.01. The summed E-state index contributed by atoms with van der Waals surface area (Å²) in [6.07, 6.45) is 1.03. The van der Waals surface area contributed by atoms with Gasteiger partial charge in [0.2, 0.25) is 5.95 Å². The highest BCUT2D eigenvalue weighted by Gasteiger charge is 2.07. The van der Waals surface area contributed by atoms with Crippen molar-refractivity contribution < 1.29 is 0 Å². The Bertz CT molecular complexity index is 527. The second kappa shape index (κ2) is 5.96. The summed E-state index contributed by atoms with van der Waals surface area (Å²) in [6.45, 7) is 4.87. The number of aryl methyl sites for hydroxylation is 1. The SMILES string of the molecule is CCCNc1cc(Sc2nnc(C)s2)nc(N)n1. The Labute approximate surface area is 113 Å². The molecule has 8 heteroatoms. The van der Waals surface area contributed by atoms with Gasteiger partial charge in [0.15, 0.2) is 4.34 Å². The standard InChI is InChI=1S/C10H14N6S2/c1-3-4-12-7-5-8(14-9(11)13-7)18-10-16-15-6(2)17-10/h5H,3-4H2,1-2H3,(H3,11,12,13,14). The molecular formula is C10H14N6S2. The van der Waals surface area contributed by atoms with E-state index in [4.69, 9.17) is 5.73 Å². The fourth-order valence-corrected chi connectivity index (χ4v) is 3.02. The van der Waals surface area contributed by atoms with Gasteiger partial charge in [0.05, 0.1) is 0 Å². The van der Waals surface area contributed by atoms with Crippen LogP contribution in [0, 0.1) is 6.92 Å². The summed E-state index contributed by atoms with van der Waals surface area (Å²) in [4.78, 5) is 8.30. The van der Waals surface area contributed by atoms with Crippen LogP contribution in [0.1, 0.15) is 18.4 Å². The number of anilines is 2. The Morgan fingerprint density at radius 2 is 2.22 bits per heavy atom. The van der Waals surface area contributed by atoms with Gasteiger partial charge in [0.1, 0.15) is 15.9 Å². The van der Waals surface area contributed by atoms with Crippen molar-refractivity contribution in [3.63, 3.8) is 0 Å². The first-order valence-corrected chi connectivity index (χ1v) is 7.17. The Kier molecular flexibility index (Phi) is 4.32. The number of nitrogen functional groups attached to an aromatic ring is 1. The van der Waals surface area contributed by atoms with E-state index in [1.165, 1.54) is 23.1 Å². The molecule has 0 spiro atoms. The summed E-state index contributed by atoms with van der Waals surface area (Å²) < 4.78 is 0.854. The van der Waals surface area contributed by atoms with Gasteiger partial charge in [-0.15, -0.1) is 10.2 Å². The minimum atomic E-state index is 0.264. The van der Waals surface area contributed by atoms with Gasteiger partial charge in [-0.05, 0) is 25.1 Å². The molecule has 0 aliphatic heterocycles. The smallest absolute Gasteiger partial charge is 0.223 e. The summed E-state index contributed by atoms with van der Waals surface area (Å²) >= 11 is 2.98. The van der Waals surface area contributed by atoms with E-state index < -0.39 is 0 Å². The van der Waals surface area contributed by atoms with Crippen molar-refractivity contribution in [1.82, 2.24) is 20.2 Å². The van der Waals surface area contributed by atoms with E-state index in [0.29, 0.717) is 0 Å². The number of hydrogen-bond donors (Lipinski definition) is 2. The molecule has 0 aromatic carbocycles. The first-order chi connectivity index (χ1) is 8.67. The van der Waals surface area contributed by atoms with E-state index in [1.807, 2.05) is 13.0 Å². The predicted octanol–water partition coefficient (Wildman–Crippen LogP) is 2.19. The van der Waals surface area contributed by atoms with E-state index in [0.717, 1.165) is 33.2 Å². The maximum absolute atomic E-state index is 5.68. The lowest BCUT2D eigenvalue weighted by Gasteiger charge is -2.05. The molecule has 0 amide bonds. The zero-order chi connectivity index (χ0) is 13.0. The minimum absolute atomic E-state index is 0.264. The molecule has 0 aliphatic carbocycles. The number of nitrogens with two attached hydrogens (primary N) is 1. The minimum Gasteiger partial charge on any atom is -0.370 e. The monoisotopic (exact) mass is 282 g/mol. The van der Waals surface area contributed by atoms with Gasteiger partial charge in [-0.25, -0.2) is 4.98 Å². The van der Waals surface area contributed by atoms with Gasteiger partial charge >= 0.3 is 0 Å². The first-order valence-electron chi connectivity index (χ1n) is 5.53. The maximum Gasteiger partial charge on any atom is 0.223 e. The molecule has 0 saturated carbocycles. The molecule has 2 rings (SSSR count). The van der Waals surface area contributed by atoms with Crippen LogP contribution in [-0.4, -0.2) is 26.7 Å². The van der Waals surface area contributed by atoms with E-state index in [-0.39, 0.29) is 5.95 Å². The van der Waals surface area contributed by atoms with Crippen molar-refractivity contribution in [2.45, 2.75) is 29.6 Å². The van der Waals surface area contributed by atoms with Gasteiger partial charge in [-0.1, -0.05) is 18.3 Å². The molecular weight excluding hydrogens is 268 g/mol. The number of aromatic nitrogens is 4. The Morgan fingerprint density at radius 1 is 1.39 bits per heavy atom. The molecule has 2 heterocycles. The first kappa shape index (κ1) is 13.0. The topological polar surface area (TPSA) is 89.6 Å². The highest BCUT2D eigenvalue weighted by Crippen LogP contribution is 2.29. The normalized spacial score (nSPS) is 10.6. The predicted molar refractivity (Wildman–Crippen MR) is 74.0 cm³/mol. The lowest BCUT2D eigenvalue weighted by Crippen LogP contribution is -2.05. The zero-order valence-electron chi connectivity index (χ0n) is 10.2.